The summed E-state index contributed by atoms with van der Waals surface area (Å²) in [5, 5.41) is 18.1. The largest absolute Gasteiger partial charge is 0.396 e. The molecule has 0 aromatic heterocycles. The molecule has 1 aromatic rings. The van der Waals surface area contributed by atoms with E-state index in [1.54, 1.807) is 12.1 Å². The summed E-state index contributed by atoms with van der Waals surface area (Å²) >= 11 is 0. The van der Waals surface area contributed by atoms with Gasteiger partial charge < -0.3 is 10.2 Å². The first-order valence-electron chi connectivity index (χ1n) is 4.54. The molecule has 0 aliphatic carbocycles. The van der Waals surface area contributed by atoms with Crippen molar-refractivity contribution >= 4 is 9.84 Å². The zero-order valence-corrected chi connectivity index (χ0v) is 9.24. The fraction of sp³-hybridized carbons (Fsp3) is 0.400. The molecule has 0 heterocycles. The van der Waals surface area contributed by atoms with Crippen LogP contribution >= 0.6 is 0 Å². The van der Waals surface area contributed by atoms with Crippen LogP contribution in [0.2, 0.25) is 0 Å². The first-order chi connectivity index (χ1) is 6.95. The van der Waals surface area contributed by atoms with E-state index in [4.69, 9.17) is 5.11 Å². The van der Waals surface area contributed by atoms with E-state index in [9.17, 15) is 13.5 Å². The Labute approximate surface area is 89.1 Å². The van der Waals surface area contributed by atoms with Crippen molar-refractivity contribution in [2.24, 2.45) is 0 Å². The van der Waals surface area contributed by atoms with Crippen LogP contribution in [0, 0.1) is 0 Å². The molecule has 0 radical (unpaired) electrons. The topological polar surface area (TPSA) is 74.6 Å². The van der Waals surface area contributed by atoms with Gasteiger partial charge in [-0.1, -0.05) is 12.1 Å². The molecule has 5 heteroatoms. The number of aliphatic hydroxyl groups is 2. The molecular formula is C10H14O4S. The summed E-state index contributed by atoms with van der Waals surface area (Å²) in [4.78, 5) is 0.224. The molecule has 0 fully saturated rings. The summed E-state index contributed by atoms with van der Waals surface area (Å²) in [6.07, 6.45) is 0.633. The first kappa shape index (κ1) is 12.2. The Balaban J connectivity index is 2.90. The van der Waals surface area contributed by atoms with Crippen molar-refractivity contribution < 1.29 is 18.6 Å². The van der Waals surface area contributed by atoms with E-state index >= 15 is 0 Å². The van der Waals surface area contributed by atoms with Gasteiger partial charge in [-0.25, -0.2) is 8.42 Å². The zero-order chi connectivity index (χ0) is 11.5. The SMILES string of the molecule is CS(=O)(=O)c1ccc([C@@H](O)CCO)cc1. The van der Waals surface area contributed by atoms with Crippen molar-refractivity contribution in [1.82, 2.24) is 0 Å². The van der Waals surface area contributed by atoms with Gasteiger partial charge in [-0.05, 0) is 17.7 Å². The summed E-state index contributed by atoms with van der Waals surface area (Å²) < 4.78 is 22.3. The standard InChI is InChI=1S/C10H14O4S/c1-15(13,14)9-4-2-8(3-5-9)10(12)6-7-11/h2-5,10-12H,6-7H2,1H3/t10-/m0/s1. The first-order valence-corrected chi connectivity index (χ1v) is 6.43. The lowest BCUT2D eigenvalue weighted by Gasteiger charge is -2.09. The minimum Gasteiger partial charge on any atom is -0.396 e. The predicted molar refractivity (Wildman–Crippen MR) is 56.2 cm³/mol. The van der Waals surface area contributed by atoms with Gasteiger partial charge in [0.15, 0.2) is 9.84 Å². The zero-order valence-electron chi connectivity index (χ0n) is 8.42. The summed E-state index contributed by atoms with van der Waals surface area (Å²) in [6, 6.07) is 6.00. The molecule has 2 N–H and O–H groups in total. The fourth-order valence-electron chi connectivity index (χ4n) is 1.23. The van der Waals surface area contributed by atoms with E-state index in [1.807, 2.05) is 0 Å². The van der Waals surface area contributed by atoms with Crippen LogP contribution in [0.4, 0.5) is 0 Å². The lowest BCUT2D eigenvalue weighted by atomic mass is 10.1. The molecule has 0 unspecified atom stereocenters. The molecule has 0 saturated carbocycles. The number of benzene rings is 1. The summed E-state index contributed by atoms with van der Waals surface area (Å²) in [7, 11) is -3.19. The minimum atomic E-state index is -3.19. The normalized spacial score (nSPS) is 13.8. The van der Waals surface area contributed by atoms with Gasteiger partial charge in [0.2, 0.25) is 0 Å². The molecule has 1 rings (SSSR count). The second-order valence-corrected chi connectivity index (χ2v) is 5.39. The molecule has 0 aliphatic heterocycles. The lowest BCUT2D eigenvalue weighted by Crippen LogP contribution is -2.01. The molecule has 4 nitrogen and oxygen atoms in total. The Bertz CT molecular complexity index is 408. The molecule has 0 saturated heterocycles. The molecule has 1 atom stereocenters. The van der Waals surface area contributed by atoms with Gasteiger partial charge in [0, 0.05) is 19.3 Å². The maximum atomic E-state index is 11.1. The predicted octanol–water partition coefficient (Wildman–Crippen LogP) is 0.506. The third kappa shape index (κ3) is 3.30. The number of rotatable bonds is 4. The van der Waals surface area contributed by atoms with Crippen molar-refractivity contribution in [2.45, 2.75) is 17.4 Å². The maximum absolute atomic E-state index is 11.1. The fourth-order valence-corrected chi connectivity index (χ4v) is 1.86. The Kier molecular flexibility index (Phi) is 3.84. The van der Waals surface area contributed by atoms with Gasteiger partial charge in [0.05, 0.1) is 11.0 Å². The van der Waals surface area contributed by atoms with Gasteiger partial charge >= 0.3 is 0 Å². The number of hydrogen-bond donors (Lipinski definition) is 2. The Morgan fingerprint density at radius 1 is 1.27 bits per heavy atom. The van der Waals surface area contributed by atoms with Crippen LogP contribution in [0.1, 0.15) is 18.1 Å². The summed E-state index contributed by atoms with van der Waals surface area (Å²) in [6.45, 7) is -0.102. The van der Waals surface area contributed by atoms with E-state index < -0.39 is 15.9 Å². The molecular weight excluding hydrogens is 216 g/mol. The van der Waals surface area contributed by atoms with Crippen LogP contribution in [0.5, 0.6) is 0 Å². The average molecular weight is 230 g/mol. The van der Waals surface area contributed by atoms with Crippen LogP contribution in [0.3, 0.4) is 0 Å². The van der Waals surface area contributed by atoms with Crippen LogP contribution in [0.25, 0.3) is 0 Å². The number of aliphatic hydroxyl groups excluding tert-OH is 2. The highest BCUT2D eigenvalue weighted by atomic mass is 32.2. The summed E-state index contributed by atoms with van der Waals surface area (Å²) in [5.41, 5.74) is 0.608. The van der Waals surface area contributed by atoms with Gasteiger partial charge in [-0.3, -0.25) is 0 Å². The molecule has 15 heavy (non-hydrogen) atoms. The minimum absolute atomic E-state index is 0.102. The third-order valence-electron chi connectivity index (χ3n) is 2.10. The molecule has 84 valence electrons. The Hall–Kier alpha value is -0.910. The number of sulfone groups is 1. The van der Waals surface area contributed by atoms with Crippen LogP contribution < -0.4 is 0 Å². The Morgan fingerprint density at radius 2 is 1.80 bits per heavy atom. The van der Waals surface area contributed by atoms with Gasteiger partial charge in [0.1, 0.15) is 0 Å². The highest BCUT2D eigenvalue weighted by molar-refractivity contribution is 7.90. The van der Waals surface area contributed by atoms with Crippen molar-refractivity contribution in [3.05, 3.63) is 29.8 Å². The summed E-state index contributed by atoms with van der Waals surface area (Å²) in [5.74, 6) is 0. The van der Waals surface area contributed by atoms with E-state index in [1.165, 1.54) is 12.1 Å². The molecule has 0 bridgehead atoms. The van der Waals surface area contributed by atoms with Crippen LogP contribution in [-0.4, -0.2) is 31.5 Å². The molecule has 0 amide bonds. The third-order valence-corrected chi connectivity index (χ3v) is 3.22. The maximum Gasteiger partial charge on any atom is 0.175 e. The monoisotopic (exact) mass is 230 g/mol. The lowest BCUT2D eigenvalue weighted by molar-refractivity contribution is 0.134. The highest BCUT2D eigenvalue weighted by Crippen LogP contribution is 2.18. The molecule has 0 aliphatic rings. The highest BCUT2D eigenvalue weighted by Gasteiger charge is 2.09. The van der Waals surface area contributed by atoms with Crippen LogP contribution in [0.15, 0.2) is 29.2 Å². The second-order valence-electron chi connectivity index (χ2n) is 3.37. The smallest absolute Gasteiger partial charge is 0.175 e. The van der Waals surface area contributed by atoms with Crippen molar-refractivity contribution in [3.63, 3.8) is 0 Å². The Morgan fingerprint density at radius 3 is 2.20 bits per heavy atom. The average Bonchev–Trinajstić information content (AvgIpc) is 2.17. The second kappa shape index (κ2) is 4.74. The van der Waals surface area contributed by atoms with Gasteiger partial charge in [-0.2, -0.15) is 0 Å². The van der Waals surface area contributed by atoms with E-state index in [0.717, 1.165) is 6.26 Å². The van der Waals surface area contributed by atoms with Crippen molar-refractivity contribution in [3.8, 4) is 0 Å². The number of hydrogen-bond acceptors (Lipinski definition) is 4. The van der Waals surface area contributed by atoms with Crippen molar-refractivity contribution in [2.75, 3.05) is 12.9 Å². The van der Waals surface area contributed by atoms with Crippen molar-refractivity contribution in [1.29, 1.82) is 0 Å². The molecule has 1 aromatic carbocycles. The molecule has 0 spiro atoms. The quantitative estimate of drug-likeness (QED) is 0.790. The van der Waals surface area contributed by atoms with E-state index in [-0.39, 0.29) is 17.9 Å². The van der Waals surface area contributed by atoms with Gasteiger partial charge in [-0.15, -0.1) is 0 Å². The van der Waals surface area contributed by atoms with E-state index in [0.29, 0.717) is 5.56 Å². The van der Waals surface area contributed by atoms with Crippen LogP contribution in [-0.2, 0) is 9.84 Å². The van der Waals surface area contributed by atoms with E-state index in [2.05, 4.69) is 0 Å². The van der Waals surface area contributed by atoms with Gasteiger partial charge in [0.25, 0.3) is 0 Å².